The molecular weight excluding hydrogens is 124 g/mol. The molecule has 10 heavy (non-hydrogen) atoms. The maximum Gasteiger partial charge on any atom is 0.0700 e. The Labute approximate surface area is 63.5 Å². The largest absolute Gasteiger partial charge is 0.389 e. The van der Waals surface area contributed by atoms with Crippen LogP contribution >= 0.6 is 0 Å². The van der Waals surface area contributed by atoms with Crippen LogP contribution in [0.3, 0.4) is 0 Å². The molecule has 0 rings (SSSR count). The van der Waals surface area contributed by atoms with Crippen molar-refractivity contribution in [1.29, 1.82) is 0 Å². The van der Waals surface area contributed by atoms with Gasteiger partial charge in [-0.1, -0.05) is 13.8 Å². The van der Waals surface area contributed by atoms with Crippen molar-refractivity contribution in [3.8, 4) is 11.8 Å². The Morgan fingerprint density at radius 3 is 2.20 bits per heavy atom. The molecule has 0 saturated heterocycles. The fourth-order valence-electron chi connectivity index (χ4n) is 0.471. The minimum absolute atomic E-state index is 0.405. The Bertz CT molecular complexity index is 140. The molecule has 0 atom stereocenters. The van der Waals surface area contributed by atoms with Gasteiger partial charge in [-0.05, 0) is 13.8 Å². The van der Waals surface area contributed by atoms with E-state index < -0.39 is 5.60 Å². The van der Waals surface area contributed by atoms with Crippen molar-refractivity contribution in [2.75, 3.05) is 0 Å². The third-order valence-corrected chi connectivity index (χ3v) is 0.912. The monoisotopic (exact) mass is 140 g/mol. The van der Waals surface area contributed by atoms with E-state index in [-0.39, 0.29) is 0 Å². The average Bonchev–Trinajstić information content (AvgIpc) is 1.59. The second-order valence-corrected chi connectivity index (χ2v) is 3.47. The fourth-order valence-corrected chi connectivity index (χ4v) is 0.471. The first-order valence-corrected chi connectivity index (χ1v) is 3.62. The molecule has 0 saturated carbocycles. The van der Waals surface area contributed by atoms with Crippen molar-refractivity contribution < 1.29 is 5.11 Å². The van der Waals surface area contributed by atoms with Crippen LogP contribution in [-0.2, 0) is 0 Å². The predicted octanol–water partition coefficient (Wildman–Crippen LogP) is 1.81. The lowest BCUT2D eigenvalue weighted by atomic mass is 10.1. The summed E-state index contributed by atoms with van der Waals surface area (Å²) < 4.78 is 0. The van der Waals surface area contributed by atoms with Crippen molar-refractivity contribution in [2.45, 2.75) is 39.7 Å². The fraction of sp³-hybridized carbons (Fsp3) is 0.778. The zero-order chi connectivity index (χ0) is 8.20. The summed E-state index contributed by atoms with van der Waals surface area (Å²) in [6.07, 6.45) is 0.561. The van der Waals surface area contributed by atoms with Gasteiger partial charge in [0, 0.05) is 12.3 Å². The Morgan fingerprint density at radius 1 is 1.40 bits per heavy atom. The molecule has 0 aliphatic carbocycles. The molecule has 0 aliphatic rings. The Kier molecular flexibility index (Phi) is 3.46. The molecule has 1 heteroatoms. The molecule has 0 unspecified atom stereocenters. The van der Waals surface area contributed by atoms with Crippen LogP contribution < -0.4 is 0 Å². The van der Waals surface area contributed by atoms with Gasteiger partial charge in [0.2, 0.25) is 0 Å². The number of hydrogen-bond donors (Lipinski definition) is 1. The van der Waals surface area contributed by atoms with E-state index in [9.17, 15) is 5.11 Å². The van der Waals surface area contributed by atoms with Crippen molar-refractivity contribution >= 4 is 0 Å². The number of rotatable bonds is 1. The van der Waals surface area contributed by atoms with E-state index in [2.05, 4.69) is 11.8 Å². The molecule has 0 amide bonds. The molecule has 0 aliphatic heterocycles. The van der Waals surface area contributed by atoms with Gasteiger partial charge in [0.15, 0.2) is 0 Å². The van der Waals surface area contributed by atoms with E-state index in [0.29, 0.717) is 12.3 Å². The molecule has 0 aromatic rings. The van der Waals surface area contributed by atoms with Crippen LogP contribution in [0, 0.1) is 17.8 Å². The Hall–Kier alpha value is -0.480. The maximum absolute atomic E-state index is 9.23. The van der Waals surface area contributed by atoms with Crippen LogP contribution in [0.15, 0.2) is 0 Å². The molecular formula is C9H16O. The summed E-state index contributed by atoms with van der Waals surface area (Å²) in [7, 11) is 0. The van der Waals surface area contributed by atoms with Crippen LogP contribution in [0.1, 0.15) is 34.1 Å². The van der Waals surface area contributed by atoms with E-state index in [1.165, 1.54) is 0 Å². The minimum atomic E-state index is -0.637. The van der Waals surface area contributed by atoms with Gasteiger partial charge in [0.05, 0.1) is 5.60 Å². The molecule has 0 bridgehead atoms. The summed E-state index contributed by atoms with van der Waals surface area (Å²) in [6.45, 7) is 7.61. The highest BCUT2D eigenvalue weighted by Crippen LogP contribution is 2.04. The molecule has 0 spiro atoms. The summed E-state index contributed by atoms with van der Waals surface area (Å²) in [5.41, 5.74) is -0.637. The topological polar surface area (TPSA) is 20.2 Å². The highest BCUT2D eigenvalue weighted by molar-refractivity contribution is 5.03. The van der Waals surface area contributed by atoms with Crippen LogP contribution in [0.5, 0.6) is 0 Å². The minimum Gasteiger partial charge on any atom is -0.389 e. The normalized spacial score (nSPS) is 11.0. The van der Waals surface area contributed by atoms with Gasteiger partial charge in [-0.3, -0.25) is 0 Å². The molecule has 58 valence electrons. The Balaban J connectivity index is 3.67. The molecule has 0 radical (unpaired) electrons. The van der Waals surface area contributed by atoms with Crippen LogP contribution in [0.25, 0.3) is 0 Å². The van der Waals surface area contributed by atoms with Crippen molar-refractivity contribution in [2.24, 2.45) is 5.92 Å². The van der Waals surface area contributed by atoms with Gasteiger partial charge < -0.3 is 5.11 Å². The lowest BCUT2D eigenvalue weighted by Gasteiger charge is -2.11. The zero-order valence-corrected chi connectivity index (χ0v) is 7.23. The van der Waals surface area contributed by atoms with Gasteiger partial charge >= 0.3 is 0 Å². The summed E-state index contributed by atoms with van der Waals surface area (Å²) in [6, 6.07) is 0. The van der Waals surface area contributed by atoms with Crippen LogP contribution in [0.2, 0.25) is 0 Å². The van der Waals surface area contributed by atoms with E-state index in [0.717, 1.165) is 0 Å². The molecule has 0 aromatic carbocycles. The summed E-state index contributed by atoms with van der Waals surface area (Å²) in [5, 5.41) is 9.23. The lowest BCUT2D eigenvalue weighted by molar-refractivity contribution is 0.0862. The maximum atomic E-state index is 9.23. The summed E-state index contributed by atoms with van der Waals surface area (Å²) in [5.74, 6) is 6.32. The summed E-state index contributed by atoms with van der Waals surface area (Å²) in [4.78, 5) is 0. The lowest BCUT2D eigenvalue weighted by Crippen LogP contribution is -2.16. The van der Waals surface area contributed by atoms with E-state index >= 15 is 0 Å². The predicted molar refractivity (Wildman–Crippen MR) is 43.5 cm³/mol. The number of hydrogen-bond acceptors (Lipinski definition) is 1. The van der Waals surface area contributed by atoms with Crippen molar-refractivity contribution in [3.63, 3.8) is 0 Å². The van der Waals surface area contributed by atoms with E-state index in [1.54, 1.807) is 13.8 Å². The van der Waals surface area contributed by atoms with E-state index in [4.69, 9.17) is 0 Å². The van der Waals surface area contributed by atoms with Gasteiger partial charge in [-0.15, -0.1) is 11.8 Å². The average molecular weight is 140 g/mol. The second-order valence-electron chi connectivity index (χ2n) is 3.47. The highest BCUT2D eigenvalue weighted by atomic mass is 16.3. The number of aliphatic hydroxyl groups is 1. The Morgan fingerprint density at radius 2 is 1.90 bits per heavy atom. The quantitative estimate of drug-likeness (QED) is 0.551. The molecule has 0 heterocycles. The van der Waals surface area contributed by atoms with Crippen LogP contribution in [-0.4, -0.2) is 10.7 Å². The molecule has 0 fully saturated rings. The zero-order valence-electron chi connectivity index (χ0n) is 7.23. The van der Waals surface area contributed by atoms with Crippen LogP contribution in [0.4, 0.5) is 0 Å². The first-order chi connectivity index (χ1) is 4.42. The van der Waals surface area contributed by atoms with Gasteiger partial charge in [0.1, 0.15) is 0 Å². The SMILES string of the molecule is CC(C)C#CCC(C)(C)O. The standard InChI is InChI=1S/C9H16O/c1-8(2)6-5-7-9(3,4)10/h8,10H,7H2,1-4H3. The second kappa shape index (κ2) is 3.63. The first-order valence-electron chi connectivity index (χ1n) is 3.62. The van der Waals surface area contributed by atoms with Crippen molar-refractivity contribution in [1.82, 2.24) is 0 Å². The molecule has 0 aromatic heterocycles. The van der Waals surface area contributed by atoms with E-state index in [1.807, 2.05) is 13.8 Å². The van der Waals surface area contributed by atoms with Crippen molar-refractivity contribution in [3.05, 3.63) is 0 Å². The van der Waals surface area contributed by atoms with Gasteiger partial charge in [0.25, 0.3) is 0 Å². The third-order valence-electron chi connectivity index (χ3n) is 0.912. The first kappa shape index (κ1) is 9.52. The smallest absolute Gasteiger partial charge is 0.0700 e. The summed E-state index contributed by atoms with van der Waals surface area (Å²) >= 11 is 0. The molecule has 1 N–H and O–H groups in total. The highest BCUT2D eigenvalue weighted by Gasteiger charge is 2.08. The third kappa shape index (κ3) is 7.52. The van der Waals surface area contributed by atoms with Gasteiger partial charge in [-0.2, -0.15) is 0 Å². The van der Waals surface area contributed by atoms with Gasteiger partial charge in [-0.25, -0.2) is 0 Å². The molecule has 1 nitrogen and oxygen atoms in total.